The third kappa shape index (κ3) is 6.25. The Kier molecular flexibility index (Phi) is 8.11. The Hall–Kier alpha value is -0.230. The van der Waals surface area contributed by atoms with Crippen LogP contribution in [0.1, 0.15) is 24.6 Å². The first-order chi connectivity index (χ1) is 10.8. The van der Waals surface area contributed by atoms with Crippen LogP contribution in [0.5, 0.6) is 0 Å². The van der Waals surface area contributed by atoms with Crippen LogP contribution in [0.4, 0.5) is 0 Å². The zero-order valence-electron chi connectivity index (χ0n) is 13.4. The molecule has 24 heavy (non-hydrogen) atoms. The predicted molar refractivity (Wildman–Crippen MR) is 98.6 cm³/mol. The summed E-state index contributed by atoms with van der Waals surface area (Å²) in [5.74, 6) is 0.375. The van der Waals surface area contributed by atoms with E-state index in [0.29, 0.717) is 18.9 Å². The lowest BCUT2D eigenvalue weighted by Gasteiger charge is -2.15. The number of hydrogen-bond acceptors (Lipinski definition) is 6. The molecule has 0 spiro atoms. The molecule has 140 valence electrons. The molecule has 1 saturated carbocycles. The first kappa shape index (κ1) is 21.8. The van der Waals surface area contributed by atoms with E-state index in [1.165, 1.54) is 0 Å². The number of hydrogen-bond donors (Lipinski definition) is 3. The van der Waals surface area contributed by atoms with Gasteiger partial charge >= 0.3 is 0 Å². The minimum absolute atomic E-state index is 0. The van der Waals surface area contributed by atoms with E-state index in [4.69, 9.17) is 5.73 Å². The summed E-state index contributed by atoms with van der Waals surface area (Å²) >= 11 is 1.16. The summed E-state index contributed by atoms with van der Waals surface area (Å²) in [7, 11) is -6.79. The largest absolute Gasteiger partial charge is 0.329 e. The van der Waals surface area contributed by atoms with Crippen LogP contribution < -0.4 is 15.2 Å². The van der Waals surface area contributed by atoms with E-state index in [9.17, 15) is 16.8 Å². The van der Waals surface area contributed by atoms with Gasteiger partial charge in [0.15, 0.2) is 0 Å². The van der Waals surface area contributed by atoms with E-state index in [1.807, 2.05) is 0 Å². The SMILES string of the molecule is CCS(=O)(=O)NCCc1ccc(S(=O)(=O)NC(CN)C2CC2)s1.Cl. The lowest BCUT2D eigenvalue weighted by Crippen LogP contribution is -2.41. The highest BCUT2D eigenvalue weighted by molar-refractivity contribution is 7.91. The van der Waals surface area contributed by atoms with Crippen LogP contribution in [0, 0.1) is 5.92 Å². The molecule has 1 aromatic rings. The van der Waals surface area contributed by atoms with Crippen molar-refractivity contribution in [3.63, 3.8) is 0 Å². The molecule has 1 aliphatic carbocycles. The summed E-state index contributed by atoms with van der Waals surface area (Å²) in [5.41, 5.74) is 5.64. The summed E-state index contributed by atoms with van der Waals surface area (Å²) in [4.78, 5) is 0.819. The van der Waals surface area contributed by atoms with E-state index in [2.05, 4.69) is 9.44 Å². The van der Waals surface area contributed by atoms with Gasteiger partial charge in [0.2, 0.25) is 20.0 Å². The van der Waals surface area contributed by atoms with Gasteiger partial charge in [0.05, 0.1) is 5.75 Å². The van der Waals surface area contributed by atoms with Crippen molar-refractivity contribution in [2.75, 3.05) is 18.8 Å². The Morgan fingerprint density at radius 2 is 1.96 bits per heavy atom. The fraction of sp³-hybridized carbons (Fsp3) is 0.692. The highest BCUT2D eigenvalue weighted by Gasteiger charge is 2.33. The second kappa shape index (κ2) is 8.93. The third-order valence-corrected chi connectivity index (χ3v) is 8.26. The molecule has 7 nitrogen and oxygen atoms in total. The molecule has 0 amide bonds. The molecule has 2 rings (SSSR count). The molecule has 0 radical (unpaired) electrons. The molecule has 0 bridgehead atoms. The summed E-state index contributed by atoms with van der Waals surface area (Å²) in [6.07, 6.45) is 2.48. The first-order valence-electron chi connectivity index (χ1n) is 7.56. The molecule has 1 unspecified atom stereocenters. The average molecular weight is 418 g/mol. The highest BCUT2D eigenvalue weighted by atomic mass is 35.5. The Morgan fingerprint density at radius 1 is 1.29 bits per heavy atom. The van der Waals surface area contributed by atoms with E-state index in [1.54, 1.807) is 19.1 Å². The Bertz CT molecular complexity index is 729. The molecular formula is C13H24ClN3O4S3. The van der Waals surface area contributed by atoms with Gasteiger partial charge in [-0.3, -0.25) is 0 Å². The van der Waals surface area contributed by atoms with Crippen molar-refractivity contribution in [2.24, 2.45) is 11.7 Å². The molecule has 1 aliphatic rings. The number of nitrogens with two attached hydrogens (primary N) is 1. The maximum absolute atomic E-state index is 12.4. The van der Waals surface area contributed by atoms with Crippen LogP contribution in [0.25, 0.3) is 0 Å². The molecule has 1 heterocycles. The van der Waals surface area contributed by atoms with Crippen LogP contribution in [0.15, 0.2) is 16.3 Å². The van der Waals surface area contributed by atoms with Gasteiger partial charge in [0, 0.05) is 24.0 Å². The smallest absolute Gasteiger partial charge is 0.250 e. The number of halogens is 1. The van der Waals surface area contributed by atoms with Gasteiger partial charge in [-0.15, -0.1) is 23.7 Å². The topological polar surface area (TPSA) is 118 Å². The Labute approximate surface area is 153 Å². The number of rotatable bonds is 10. The van der Waals surface area contributed by atoms with Gasteiger partial charge in [-0.2, -0.15) is 0 Å². The van der Waals surface area contributed by atoms with Crippen LogP contribution in [-0.4, -0.2) is 41.7 Å². The number of sulfonamides is 2. The van der Waals surface area contributed by atoms with Gasteiger partial charge in [0.25, 0.3) is 0 Å². The van der Waals surface area contributed by atoms with E-state index in [-0.39, 0.29) is 35.0 Å². The lowest BCUT2D eigenvalue weighted by molar-refractivity contribution is 0.520. The normalized spacial score (nSPS) is 16.6. The van der Waals surface area contributed by atoms with Crippen molar-refractivity contribution >= 4 is 43.8 Å². The summed E-state index contributed by atoms with van der Waals surface area (Å²) in [5, 5.41) is 0. The van der Waals surface area contributed by atoms with Crippen molar-refractivity contribution in [3.8, 4) is 0 Å². The lowest BCUT2D eigenvalue weighted by atomic mass is 10.2. The standard InChI is InChI=1S/C13H23N3O4S3.ClH/c1-2-22(17,18)15-8-7-11-5-6-13(21-11)23(19,20)16-12(9-14)10-3-4-10;/h5-6,10,12,15-16H,2-4,7-9,14H2,1H3;1H. The molecule has 1 aromatic heterocycles. The van der Waals surface area contributed by atoms with Gasteiger partial charge in [-0.1, -0.05) is 0 Å². The van der Waals surface area contributed by atoms with Crippen LogP contribution in [0.3, 0.4) is 0 Å². The van der Waals surface area contributed by atoms with Crippen LogP contribution in [-0.2, 0) is 26.5 Å². The maximum Gasteiger partial charge on any atom is 0.250 e. The molecule has 0 aliphatic heterocycles. The van der Waals surface area contributed by atoms with Crippen molar-refractivity contribution < 1.29 is 16.8 Å². The second-order valence-electron chi connectivity index (χ2n) is 5.57. The van der Waals surface area contributed by atoms with Crippen molar-refractivity contribution in [1.29, 1.82) is 0 Å². The van der Waals surface area contributed by atoms with Gasteiger partial charge < -0.3 is 5.73 Å². The second-order valence-corrected chi connectivity index (χ2v) is 10.8. The molecule has 1 atom stereocenters. The summed E-state index contributed by atoms with van der Waals surface area (Å²) < 4.78 is 52.8. The molecule has 11 heteroatoms. The molecular weight excluding hydrogens is 394 g/mol. The monoisotopic (exact) mass is 417 g/mol. The fourth-order valence-corrected chi connectivity index (χ4v) is 5.47. The minimum Gasteiger partial charge on any atom is -0.329 e. The maximum atomic E-state index is 12.4. The van der Waals surface area contributed by atoms with Crippen LogP contribution in [0.2, 0.25) is 0 Å². The minimum atomic E-state index is -3.56. The highest BCUT2D eigenvalue weighted by Crippen LogP contribution is 2.33. The van der Waals surface area contributed by atoms with Gasteiger partial charge in [-0.25, -0.2) is 26.3 Å². The van der Waals surface area contributed by atoms with Crippen molar-refractivity contribution in [1.82, 2.24) is 9.44 Å². The first-order valence-corrected chi connectivity index (χ1v) is 11.5. The molecule has 0 saturated heterocycles. The van der Waals surface area contributed by atoms with Gasteiger partial charge in [-0.05, 0) is 44.2 Å². The van der Waals surface area contributed by atoms with E-state index >= 15 is 0 Å². The van der Waals surface area contributed by atoms with Gasteiger partial charge in [0.1, 0.15) is 4.21 Å². The summed E-state index contributed by atoms with van der Waals surface area (Å²) in [6.45, 7) is 2.12. The molecule has 4 N–H and O–H groups in total. The molecule has 0 aromatic carbocycles. The van der Waals surface area contributed by atoms with E-state index < -0.39 is 20.0 Å². The fourth-order valence-electron chi connectivity index (χ4n) is 2.16. The Balaban J connectivity index is 0.00000288. The zero-order valence-corrected chi connectivity index (χ0v) is 16.7. The zero-order chi connectivity index (χ0) is 17.1. The third-order valence-electron chi connectivity index (χ3n) is 3.73. The number of nitrogens with one attached hydrogen (secondary N) is 2. The summed E-state index contributed by atoms with van der Waals surface area (Å²) in [6, 6.07) is 3.06. The van der Waals surface area contributed by atoms with Crippen molar-refractivity contribution in [2.45, 2.75) is 36.4 Å². The average Bonchev–Trinajstić information content (AvgIpc) is 3.23. The quantitative estimate of drug-likeness (QED) is 0.517. The number of thiophene rings is 1. The van der Waals surface area contributed by atoms with E-state index in [0.717, 1.165) is 29.1 Å². The van der Waals surface area contributed by atoms with Crippen molar-refractivity contribution in [3.05, 3.63) is 17.0 Å². The molecule has 1 fully saturated rings. The Morgan fingerprint density at radius 3 is 2.50 bits per heavy atom. The predicted octanol–water partition coefficient (Wildman–Crippen LogP) is 0.667. The van der Waals surface area contributed by atoms with Crippen LogP contribution >= 0.6 is 23.7 Å².